The Bertz CT molecular complexity index is 500. The molecule has 21 heavy (non-hydrogen) atoms. The third kappa shape index (κ3) is 3.60. The first-order chi connectivity index (χ1) is 10.2. The van der Waals surface area contributed by atoms with E-state index in [4.69, 9.17) is 5.11 Å². The molecule has 0 aliphatic carbocycles. The van der Waals surface area contributed by atoms with Crippen LogP contribution in [-0.4, -0.2) is 50.5 Å². The second kappa shape index (κ2) is 7.21. The highest BCUT2D eigenvalue weighted by molar-refractivity contribution is 5.74. The lowest BCUT2D eigenvalue weighted by molar-refractivity contribution is 0.177. The van der Waals surface area contributed by atoms with Gasteiger partial charge in [-0.1, -0.05) is 13.0 Å². The van der Waals surface area contributed by atoms with Crippen molar-refractivity contribution >= 4 is 6.03 Å². The standard InChI is InChI=1S/C14H23N5O2/c1-3-7-18(9-10-20)14(21)15-11-6-5-8-19-13(11)16-12(4-2)17-19/h3,11,20H,1,4-10H2,2H3,(H,15,21). The second-order valence-corrected chi connectivity index (χ2v) is 5.07. The van der Waals surface area contributed by atoms with E-state index in [-0.39, 0.29) is 25.2 Å². The van der Waals surface area contributed by atoms with Crippen molar-refractivity contribution < 1.29 is 9.90 Å². The van der Waals surface area contributed by atoms with Gasteiger partial charge in [0.15, 0.2) is 5.82 Å². The molecule has 2 heterocycles. The summed E-state index contributed by atoms with van der Waals surface area (Å²) < 4.78 is 1.89. The van der Waals surface area contributed by atoms with Gasteiger partial charge in [-0.05, 0) is 12.8 Å². The van der Waals surface area contributed by atoms with Gasteiger partial charge in [-0.25, -0.2) is 14.5 Å². The fourth-order valence-electron chi connectivity index (χ4n) is 2.48. The monoisotopic (exact) mass is 293 g/mol. The summed E-state index contributed by atoms with van der Waals surface area (Å²) in [6.07, 6.45) is 4.25. The number of hydrogen-bond donors (Lipinski definition) is 2. The molecular formula is C14H23N5O2. The summed E-state index contributed by atoms with van der Waals surface area (Å²) in [5.41, 5.74) is 0. The number of hydrogen-bond acceptors (Lipinski definition) is 4. The minimum absolute atomic E-state index is 0.0674. The highest BCUT2D eigenvalue weighted by Gasteiger charge is 2.26. The van der Waals surface area contributed by atoms with Gasteiger partial charge in [-0.3, -0.25) is 0 Å². The third-order valence-electron chi connectivity index (χ3n) is 3.54. The molecule has 1 aromatic rings. The summed E-state index contributed by atoms with van der Waals surface area (Å²) >= 11 is 0. The molecule has 0 fully saturated rings. The molecule has 1 unspecified atom stereocenters. The predicted octanol–water partition coefficient (Wildman–Crippen LogP) is 0.865. The lowest BCUT2D eigenvalue weighted by Crippen LogP contribution is -2.44. The number of carbonyl (C=O) groups is 1. The molecule has 0 saturated heterocycles. The van der Waals surface area contributed by atoms with E-state index in [1.165, 1.54) is 4.90 Å². The minimum atomic E-state index is -0.205. The van der Waals surface area contributed by atoms with Crippen molar-refractivity contribution in [1.29, 1.82) is 0 Å². The number of rotatable bonds is 6. The van der Waals surface area contributed by atoms with Crippen molar-refractivity contribution in [3.8, 4) is 0 Å². The van der Waals surface area contributed by atoms with Gasteiger partial charge in [-0.15, -0.1) is 6.58 Å². The number of amides is 2. The van der Waals surface area contributed by atoms with Crippen LogP contribution in [0, 0.1) is 0 Å². The molecule has 2 rings (SSSR count). The van der Waals surface area contributed by atoms with E-state index in [1.54, 1.807) is 6.08 Å². The number of nitrogens with zero attached hydrogens (tertiary/aromatic N) is 4. The number of fused-ring (bicyclic) bond motifs is 1. The maximum Gasteiger partial charge on any atom is 0.318 e. The normalized spacial score (nSPS) is 17.1. The van der Waals surface area contributed by atoms with Crippen LogP contribution < -0.4 is 5.32 Å². The van der Waals surface area contributed by atoms with E-state index in [9.17, 15) is 4.79 Å². The van der Waals surface area contributed by atoms with Gasteiger partial charge in [-0.2, -0.15) is 5.10 Å². The summed E-state index contributed by atoms with van der Waals surface area (Å²) in [4.78, 5) is 18.3. The molecule has 2 N–H and O–H groups in total. The van der Waals surface area contributed by atoms with E-state index in [0.717, 1.165) is 37.5 Å². The highest BCUT2D eigenvalue weighted by atomic mass is 16.3. The molecule has 2 amide bonds. The van der Waals surface area contributed by atoms with Crippen molar-refractivity contribution in [2.45, 2.75) is 38.8 Å². The Morgan fingerprint density at radius 1 is 1.67 bits per heavy atom. The van der Waals surface area contributed by atoms with Gasteiger partial charge in [0.1, 0.15) is 5.82 Å². The summed E-state index contributed by atoms with van der Waals surface area (Å²) in [6.45, 7) is 7.13. The average Bonchev–Trinajstić information content (AvgIpc) is 2.91. The molecule has 7 heteroatoms. The number of aliphatic hydroxyl groups is 1. The average molecular weight is 293 g/mol. The van der Waals surface area contributed by atoms with E-state index >= 15 is 0 Å². The van der Waals surface area contributed by atoms with E-state index in [1.807, 2.05) is 11.6 Å². The summed E-state index contributed by atoms with van der Waals surface area (Å²) in [6, 6.07) is -0.325. The minimum Gasteiger partial charge on any atom is -0.395 e. The number of carbonyl (C=O) groups excluding carboxylic acids is 1. The maximum absolute atomic E-state index is 12.3. The molecule has 0 saturated carbocycles. The number of aryl methyl sites for hydroxylation is 2. The second-order valence-electron chi connectivity index (χ2n) is 5.07. The lowest BCUT2D eigenvalue weighted by Gasteiger charge is -2.27. The van der Waals surface area contributed by atoms with Crippen LogP contribution in [0.5, 0.6) is 0 Å². The molecule has 0 radical (unpaired) electrons. The van der Waals surface area contributed by atoms with Crippen molar-refractivity contribution in [2.75, 3.05) is 19.7 Å². The van der Waals surface area contributed by atoms with Crippen LogP contribution in [0.1, 0.15) is 37.5 Å². The first-order valence-electron chi connectivity index (χ1n) is 7.40. The van der Waals surface area contributed by atoms with E-state index < -0.39 is 0 Å². The number of nitrogens with one attached hydrogen (secondary N) is 1. The fourth-order valence-corrected chi connectivity index (χ4v) is 2.48. The number of urea groups is 1. The van der Waals surface area contributed by atoms with Crippen molar-refractivity contribution in [3.05, 3.63) is 24.3 Å². The molecule has 1 aliphatic rings. The Morgan fingerprint density at radius 3 is 3.14 bits per heavy atom. The van der Waals surface area contributed by atoms with Gasteiger partial charge in [0, 0.05) is 26.1 Å². The van der Waals surface area contributed by atoms with Crippen LogP contribution in [-0.2, 0) is 13.0 Å². The molecule has 1 aromatic heterocycles. The quantitative estimate of drug-likeness (QED) is 0.762. The zero-order valence-electron chi connectivity index (χ0n) is 12.5. The first kappa shape index (κ1) is 15.5. The van der Waals surface area contributed by atoms with Crippen LogP contribution >= 0.6 is 0 Å². The summed E-state index contributed by atoms with van der Waals surface area (Å²) in [5.74, 6) is 1.64. The SMILES string of the molecule is C=CCN(CCO)C(=O)NC1CCCn2nc(CC)nc21. The van der Waals surface area contributed by atoms with E-state index in [2.05, 4.69) is 22.0 Å². The van der Waals surface area contributed by atoms with Crippen LogP contribution in [0.25, 0.3) is 0 Å². The smallest absolute Gasteiger partial charge is 0.318 e. The van der Waals surface area contributed by atoms with Crippen molar-refractivity contribution in [3.63, 3.8) is 0 Å². The Morgan fingerprint density at radius 2 is 2.48 bits per heavy atom. The van der Waals surface area contributed by atoms with Crippen molar-refractivity contribution in [2.24, 2.45) is 0 Å². The van der Waals surface area contributed by atoms with Crippen molar-refractivity contribution in [1.82, 2.24) is 25.0 Å². The molecule has 0 spiro atoms. The molecule has 116 valence electrons. The Labute approximate surface area is 124 Å². The zero-order valence-corrected chi connectivity index (χ0v) is 12.5. The van der Waals surface area contributed by atoms with Gasteiger partial charge in [0.05, 0.1) is 12.6 Å². The molecule has 1 aliphatic heterocycles. The Kier molecular flexibility index (Phi) is 5.32. The Hall–Kier alpha value is -1.89. The molecular weight excluding hydrogens is 270 g/mol. The predicted molar refractivity (Wildman–Crippen MR) is 78.8 cm³/mol. The number of aromatic nitrogens is 3. The zero-order chi connectivity index (χ0) is 15.2. The van der Waals surface area contributed by atoms with Crippen LogP contribution in [0.15, 0.2) is 12.7 Å². The maximum atomic E-state index is 12.3. The van der Waals surface area contributed by atoms with Gasteiger partial charge < -0.3 is 15.3 Å². The lowest BCUT2D eigenvalue weighted by atomic mass is 10.1. The van der Waals surface area contributed by atoms with Gasteiger partial charge in [0.2, 0.25) is 0 Å². The Balaban J connectivity index is 2.07. The van der Waals surface area contributed by atoms with Gasteiger partial charge >= 0.3 is 6.03 Å². The van der Waals surface area contributed by atoms with E-state index in [0.29, 0.717) is 6.54 Å². The molecule has 0 aromatic carbocycles. The third-order valence-corrected chi connectivity index (χ3v) is 3.54. The van der Waals surface area contributed by atoms with Crippen LogP contribution in [0.4, 0.5) is 4.79 Å². The highest BCUT2D eigenvalue weighted by Crippen LogP contribution is 2.23. The topological polar surface area (TPSA) is 83.3 Å². The van der Waals surface area contributed by atoms with Gasteiger partial charge in [0.25, 0.3) is 0 Å². The number of aliphatic hydroxyl groups excluding tert-OH is 1. The van der Waals surface area contributed by atoms with Crippen LogP contribution in [0.2, 0.25) is 0 Å². The summed E-state index contributed by atoms with van der Waals surface area (Å²) in [7, 11) is 0. The summed E-state index contributed by atoms with van der Waals surface area (Å²) in [5, 5.41) is 16.4. The fraction of sp³-hybridized carbons (Fsp3) is 0.643. The van der Waals surface area contributed by atoms with Crippen LogP contribution in [0.3, 0.4) is 0 Å². The molecule has 7 nitrogen and oxygen atoms in total. The molecule has 1 atom stereocenters. The molecule has 0 bridgehead atoms. The first-order valence-corrected chi connectivity index (χ1v) is 7.40. The largest absolute Gasteiger partial charge is 0.395 e.